The summed E-state index contributed by atoms with van der Waals surface area (Å²) in [4.78, 5) is 0. The molecule has 0 amide bonds. The first kappa shape index (κ1) is 16.5. The summed E-state index contributed by atoms with van der Waals surface area (Å²) in [6.07, 6.45) is 7.12. The van der Waals surface area contributed by atoms with Gasteiger partial charge in [0, 0.05) is 21.7 Å². The summed E-state index contributed by atoms with van der Waals surface area (Å²) in [5.74, 6) is 3.07. The number of para-hydroxylation sites is 2. The summed E-state index contributed by atoms with van der Waals surface area (Å²) in [6.45, 7) is 0. The van der Waals surface area contributed by atoms with Gasteiger partial charge in [-0.05, 0) is 72.4 Å². The third kappa shape index (κ3) is 2.23. The number of halogens is 1. The van der Waals surface area contributed by atoms with Crippen molar-refractivity contribution >= 4 is 33.4 Å². The second kappa shape index (κ2) is 5.89. The molecule has 7 rings (SSSR count). The van der Waals surface area contributed by atoms with E-state index in [9.17, 15) is 0 Å². The highest BCUT2D eigenvalue weighted by atomic mass is 35.5. The Labute approximate surface area is 176 Å². The molecule has 3 aliphatic rings. The van der Waals surface area contributed by atoms with Crippen molar-refractivity contribution in [3.63, 3.8) is 0 Å². The molecule has 0 saturated heterocycles. The summed E-state index contributed by atoms with van der Waals surface area (Å²) >= 11 is 6.73. The molecule has 2 heteroatoms. The average Bonchev–Trinajstić information content (AvgIpc) is 3.26. The van der Waals surface area contributed by atoms with E-state index in [1.54, 1.807) is 0 Å². The minimum atomic E-state index is 0.465. The molecule has 4 aromatic rings. The van der Waals surface area contributed by atoms with Gasteiger partial charge in [-0.1, -0.05) is 60.8 Å². The molecule has 144 valence electrons. The number of hydrogen-bond acceptors (Lipinski definition) is 0. The van der Waals surface area contributed by atoms with E-state index in [0.29, 0.717) is 5.92 Å². The summed E-state index contributed by atoms with van der Waals surface area (Å²) in [6, 6.07) is 22.4. The molecule has 2 fully saturated rings. The van der Waals surface area contributed by atoms with Gasteiger partial charge in [-0.25, -0.2) is 0 Å². The molecule has 29 heavy (non-hydrogen) atoms. The normalized spacial score (nSPS) is 27.5. The summed E-state index contributed by atoms with van der Waals surface area (Å²) < 4.78 is 2.50. The first-order chi connectivity index (χ1) is 14.3. The van der Waals surface area contributed by atoms with Crippen molar-refractivity contribution in [2.75, 3.05) is 0 Å². The fraction of sp³-hybridized carbons (Fsp3) is 0.333. The Balaban J connectivity index is 1.58. The van der Waals surface area contributed by atoms with Crippen molar-refractivity contribution in [3.05, 3.63) is 76.8 Å². The maximum Gasteiger partial charge on any atom is 0.0580 e. The topological polar surface area (TPSA) is 4.93 Å². The number of aromatic nitrogens is 1. The van der Waals surface area contributed by atoms with Crippen molar-refractivity contribution in [1.29, 1.82) is 0 Å². The molecule has 0 N–H and O–H groups in total. The Kier molecular flexibility index (Phi) is 3.36. The number of rotatable bonds is 1. The van der Waals surface area contributed by atoms with Crippen LogP contribution in [-0.2, 0) is 0 Å². The molecule has 3 aromatic carbocycles. The van der Waals surface area contributed by atoms with Gasteiger partial charge in [0.1, 0.15) is 0 Å². The van der Waals surface area contributed by atoms with E-state index >= 15 is 0 Å². The van der Waals surface area contributed by atoms with E-state index in [-0.39, 0.29) is 0 Å². The van der Waals surface area contributed by atoms with Crippen LogP contribution in [-0.4, -0.2) is 4.57 Å². The van der Waals surface area contributed by atoms with Gasteiger partial charge < -0.3 is 4.57 Å². The van der Waals surface area contributed by atoms with Crippen LogP contribution in [0.25, 0.3) is 27.5 Å². The SMILES string of the molecule is Clc1cc2c3c(c1)c1ccccc1n3-c1ccccc1C2C1C[C@H]2CC[C@@H](C1)C2. The molecule has 4 atom stereocenters. The number of nitrogens with zero attached hydrogens (tertiary/aromatic N) is 1. The van der Waals surface area contributed by atoms with Crippen molar-refractivity contribution in [2.24, 2.45) is 17.8 Å². The fourth-order valence-corrected chi connectivity index (χ4v) is 7.27. The molecule has 2 heterocycles. The second-order valence-corrected chi connectivity index (χ2v) is 9.99. The zero-order chi connectivity index (χ0) is 19.1. The lowest BCUT2D eigenvalue weighted by atomic mass is 9.68. The van der Waals surface area contributed by atoms with Crippen molar-refractivity contribution in [3.8, 4) is 5.69 Å². The smallest absolute Gasteiger partial charge is 0.0580 e. The minimum absolute atomic E-state index is 0.465. The molecule has 0 spiro atoms. The molecule has 1 aliphatic heterocycles. The van der Waals surface area contributed by atoms with Gasteiger partial charge in [-0.3, -0.25) is 0 Å². The second-order valence-electron chi connectivity index (χ2n) is 9.56. The third-order valence-electron chi connectivity index (χ3n) is 8.00. The largest absolute Gasteiger partial charge is 0.309 e. The molecular weight excluding hydrogens is 374 g/mol. The molecule has 0 radical (unpaired) electrons. The minimum Gasteiger partial charge on any atom is -0.309 e. The van der Waals surface area contributed by atoms with Gasteiger partial charge in [0.25, 0.3) is 0 Å². The van der Waals surface area contributed by atoms with Crippen LogP contribution in [0, 0.1) is 17.8 Å². The lowest BCUT2D eigenvalue weighted by Crippen LogP contribution is -2.26. The van der Waals surface area contributed by atoms with Crippen LogP contribution >= 0.6 is 11.6 Å². The highest BCUT2D eigenvalue weighted by Gasteiger charge is 2.41. The van der Waals surface area contributed by atoms with Crippen LogP contribution in [0.15, 0.2) is 60.7 Å². The lowest BCUT2D eigenvalue weighted by molar-refractivity contribution is 0.241. The number of hydrogen-bond donors (Lipinski definition) is 0. The Morgan fingerprint density at radius 3 is 2.38 bits per heavy atom. The summed E-state index contributed by atoms with van der Waals surface area (Å²) in [7, 11) is 0. The van der Waals surface area contributed by atoms with Gasteiger partial charge in [0.05, 0.1) is 16.7 Å². The van der Waals surface area contributed by atoms with E-state index in [1.165, 1.54) is 70.7 Å². The van der Waals surface area contributed by atoms with Crippen LogP contribution in [0.5, 0.6) is 0 Å². The van der Waals surface area contributed by atoms with Gasteiger partial charge in [0.2, 0.25) is 0 Å². The predicted molar refractivity (Wildman–Crippen MR) is 121 cm³/mol. The monoisotopic (exact) mass is 397 g/mol. The molecule has 2 unspecified atom stereocenters. The third-order valence-corrected chi connectivity index (χ3v) is 8.22. The van der Waals surface area contributed by atoms with Crippen LogP contribution in [0.4, 0.5) is 0 Å². The molecular formula is C27H24ClN. The van der Waals surface area contributed by atoms with Gasteiger partial charge >= 0.3 is 0 Å². The Morgan fingerprint density at radius 1 is 0.759 bits per heavy atom. The zero-order valence-corrected chi connectivity index (χ0v) is 17.2. The highest BCUT2D eigenvalue weighted by molar-refractivity contribution is 6.32. The molecule has 2 aliphatic carbocycles. The van der Waals surface area contributed by atoms with Crippen molar-refractivity contribution in [1.82, 2.24) is 4.57 Å². The number of benzene rings is 3. The molecule has 2 saturated carbocycles. The van der Waals surface area contributed by atoms with E-state index < -0.39 is 0 Å². The average molecular weight is 398 g/mol. The van der Waals surface area contributed by atoms with Crippen molar-refractivity contribution < 1.29 is 0 Å². The van der Waals surface area contributed by atoms with Gasteiger partial charge in [-0.15, -0.1) is 0 Å². The Morgan fingerprint density at radius 2 is 1.52 bits per heavy atom. The Hall–Kier alpha value is -2.25. The van der Waals surface area contributed by atoms with E-state index in [4.69, 9.17) is 11.6 Å². The highest BCUT2D eigenvalue weighted by Crippen LogP contribution is 2.55. The van der Waals surface area contributed by atoms with Gasteiger partial charge in [-0.2, -0.15) is 0 Å². The molecule has 1 nitrogen and oxygen atoms in total. The van der Waals surface area contributed by atoms with E-state index in [1.807, 2.05) is 0 Å². The fourth-order valence-electron chi connectivity index (χ4n) is 7.04. The maximum absolute atomic E-state index is 6.73. The van der Waals surface area contributed by atoms with Crippen LogP contribution in [0.3, 0.4) is 0 Å². The van der Waals surface area contributed by atoms with E-state index in [0.717, 1.165) is 22.8 Å². The maximum atomic E-state index is 6.73. The predicted octanol–water partition coefficient (Wildman–Crippen LogP) is 7.71. The quantitative estimate of drug-likeness (QED) is 0.310. The lowest BCUT2D eigenvalue weighted by Gasteiger charge is -2.38. The van der Waals surface area contributed by atoms with Crippen LogP contribution < -0.4 is 0 Å². The van der Waals surface area contributed by atoms with Crippen LogP contribution in [0.1, 0.15) is 49.1 Å². The molecule has 2 bridgehead atoms. The summed E-state index contributed by atoms with van der Waals surface area (Å²) in [5.41, 5.74) is 7.00. The molecule has 1 aromatic heterocycles. The Bertz CT molecular complexity index is 1270. The van der Waals surface area contributed by atoms with Crippen molar-refractivity contribution in [2.45, 2.75) is 38.0 Å². The summed E-state index contributed by atoms with van der Waals surface area (Å²) in [5, 5.41) is 3.49. The van der Waals surface area contributed by atoms with Gasteiger partial charge in [0.15, 0.2) is 0 Å². The first-order valence-electron chi connectivity index (χ1n) is 11.1. The van der Waals surface area contributed by atoms with Crippen LogP contribution in [0.2, 0.25) is 5.02 Å². The van der Waals surface area contributed by atoms with E-state index in [2.05, 4.69) is 65.2 Å². The standard InChI is InChI=1S/C27H24ClN/c28-19-14-22-20-5-1-3-7-24(20)29-25-8-4-2-6-21(25)26(23(15-19)27(22)29)18-12-16-9-10-17(11-16)13-18/h1-8,14-18,26H,9-13H2/t16-,17+,18?,26?. The number of fused-ring (bicyclic) bond motifs is 7. The zero-order valence-electron chi connectivity index (χ0n) is 16.4. The first-order valence-corrected chi connectivity index (χ1v) is 11.5.